The summed E-state index contributed by atoms with van der Waals surface area (Å²) in [5.74, 6) is -0.729. The maximum absolute atomic E-state index is 12.9. The van der Waals surface area contributed by atoms with E-state index in [4.69, 9.17) is 0 Å². The first-order valence-corrected chi connectivity index (χ1v) is 10.3. The van der Waals surface area contributed by atoms with Crippen molar-refractivity contribution < 1.29 is 14.4 Å². The van der Waals surface area contributed by atoms with Crippen LogP contribution < -0.4 is 16.0 Å². The SMILES string of the molecule is O=C1CCC(N2Cc3ccc(CNC4CCNC45CCC5)cc3C2=O)C(=O)N1. The van der Waals surface area contributed by atoms with Gasteiger partial charge in [0.25, 0.3) is 5.91 Å². The quantitative estimate of drug-likeness (QED) is 0.671. The molecule has 0 aromatic heterocycles. The van der Waals surface area contributed by atoms with E-state index in [9.17, 15) is 14.4 Å². The van der Waals surface area contributed by atoms with Crippen LogP contribution in [0.15, 0.2) is 18.2 Å². The first-order chi connectivity index (χ1) is 13.6. The van der Waals surface area contributed by atoms with Crippen LogP contribution in [0.25, 0.3) is 0 Å². The van der Waals surface area contributed by atoms with Crippen molar-refractivity contribution in [3.05, 3.63) is 34.9 Å². The summed E-state index contributed by atoms with van der Waals surface area (Å²) in [7, 11) is 0. The van der Waals surface area contributed by atoms with Crippen LogP contribution in [0.3, 0.4) is 0 Å². The predicted molar refractivity (Wildman–Crippen MR) is 102 cm³/mol. The van der Waals surface area contributed by atoms with Crippen LogP contribution in [0.1, 0.15) is 60.0 Å². The molecular formula is C21H26N4O3. The molecule has 3 N–H and O–H groups in total. The number of piperidine rings is 1. The summed E-state index contributed by atoms with van der Waals surface area (Å²) in [6, 6.07) is 5.98. The summed E-state index contributed by atoms with van der Waals surface area (Å²) in [5.41, 5.74) is 3.02. The summed E-state index contributed by atoms with van der Waals surface area (Å²) in [6.45, 7) is 2.25. The van der Waals surface area contributed by atoms with Crippen LogP contribution in [-0.2, 0) is 22.7 Å². The molecule has 0 bridgehead atoms. The highest BCUT2D eigenvalue weighted by molar-refractivity contribution is 6.05. The number of nitrogens with one attached hydrogen (secondary N) is 3. The predicted octanol–water partition coefficient (Wildman–Crippen LogP) is 0.822. The molecule has 28 heavy (non-hydrogen) atoms. The average molecular weight is 382 g/mol. The van der Waals surface area contributed by atoms with Crippen molar-refractivity contribution in [1.82, 2.24) is 20.9 Å². The van der Waals surface area contributed by atoms with Crippen molar-refractivity contribution in [2.24, 2.45) is 0 Å². The second-order valence-corrected chi connectivity index (χ2v) is 8.55. The minimum absolute atomic E-state index is 0.107. The van der Waals surface area contributed by atoms with Gasteiger partial charge in [0, 0.05) is 36.7 Å². The molecule has 3 fully saturated rings. The molecule has 1 spiro atoms. The third kappa shape index (κ3) is 2.84. The number of imide groups is 1. The highest BCUT2D eigenvalue weighted by Gasteiger charge is 2.46. The lowest BCUT2D eigenvalue weighted by molar-refractivity contribution is -0.136. The van der Waals surface area contributed by atoms with Gasteiger partial charge in [-0.2, -0.15) is 0 Å². The van der Waals surface area contributed by atoms with Gasteiger partial charge in [-0.25, -0.2) is 0 Å². The Kier molecular flexibility index (Phi) is 4.25. The zero-order valence-corrected chi connectivity index (χ0v) is 15.9. The van der Waals surface area contributed by atoms with Gasteiger partial charge >= 0.3 is 0 Å². The molecule has 2 saturated heterocycles. The number of carbonyl (C=O) groups excluding carboxylic acids is 3. The molecule has 5 rings (SSSR count). The van der Waals surface area contributed by atoms with Crippen LogP contribution in [0.5, 0.6) is 0 Å². The lowest BCUT2D eigenvalue weighted by Crippen LogP contribution is -2.57. The van der Waals surface area contributed by atoms with Crippen molar-refractivity contribution in [1.29, 1.82) is 0 Å². The fourth-order valence-corrected chi connectivity index (χ4v) is 5.20. The van der Waals surface area contributed by atoms with E-state index in [-0.39, 0.29) is 29.7 Å². The maximum Gasteiger partial charge on any atom is 0.255 e. The Morgan fingerprint density at radius 1 is 1.18 bits per heavy atom. The third-order valence-electron chi connectivity index (χ3n) is 6.97. The molecule has 2 unspecified atom stereocenters. The van der Waals surface area contributed by atoms with Crippen LogP contribution in [0.4, 0.5) is 0 Å². The zero-order chi connectivity index (χ0) is 19.3. The standard InChI is InChI=1S/C21H26N4O3/c26-18-5-4-16(19(27)24-18)25-12-14-3-2-13(10-15(14)20(25)28)11-22-17-6-9-23-21(17)7-1-8-21/h2-3,10,16-17,22-23H,1,4-9,11-12H2,(H,24,26,27). The molecule has 3 amide bonds. The van der Waals surface area contributed by atoms with Gasteiger partial charge in [0.15, 0.2) is 0 Å². The number of hydrogen-bond donors (Lipinski definition) is 3. The Balaban J connectivity index is 1.27. The van der Waals surface area contributed by atoms with Gasteiger partial charge in [0.2, 0.25) is 11.8 Å². The molecule has 1 aromatic rings. The van der Waals surface area contributed by atoms with Gasteiger partial charge in [-0.1, -0.05) is 12.1 Å². The van der Waals surface area contributed by atoms with Gasteiger partial charge in [-0.15, -0.1) is 0 Å². The number of amides is 3. The smallest absolute Gasteiger partial charge is 0.255 e. The zero-order valence-electron chi connectivity index (χ0n) is 15.9. The van der Waals surface area contributed by atoms with Gasteiger partial charge in [-0.05, 0) is 55.8 Å². The molecular weight excluding hydrogens is 356 g/mol. The number of nitrogens with zero attached hydrogens (tertiary/aromatic N) is 1. The lowest BCUT2D eigenvalue weighted by Gasteiger charge is -2.44. The maximum atomic E-state index is 12.9. The number of hydrogen-bond acceptors (Lipinski definition) is 5. The average Bonchev–Trinajstić information content (AvgIpc) is 3.22. The van der Waals surface area contributed by atoms with E-state index < -0.39 is 6.04 Å². The van der Waals surface area contributed by atoms with E-state index in [0.717, 1.165) is 30.6 Å². The van der Waals surface area contributed by atoms with Crippen LogP contribution >= 0.6 is 0 Å². The second-order valence-electron chi connectivity index (χ2n) is 8.55. The number of rotatable bonds is 4. The van der Waals surface area contributed by atoms with Crippen LogP contribution in [0.2, 0.25) is 0 Å². The van der Waals surface area contributed by atoms with Crippen molar-refractivity contribution in [2.75, 3.05) is 6.54 Å². The Labute approximate surface area is 164 Å². The molecule has 4 aliphatic rings. The molecule has 1 aliphatic carbocycles. The Bertz CT molecular complexity index is 848. The minimum Gasteiger partial charge on any atom is -0.322 e. The van der Waals surface area contributed by atoms with E-state index in [2.05, 4.69) is 22.0 Å². The summed E-state index contributed by atoms with van der Waals surface area (Å²) in [4.78, 5) is 38.1. The molecule has 0 radical (unpaired) electrons. The van der Waals surface area contributed by atoms with Crippen LogP contribution in [-0.4, -0.2) is 46.8 Å². The third-order valence-corrected chi connectivity index (χ3v) is 6.97. The number of fused-ring (bicyclic) bond motifs is 1. The van der Waals surface area contributed by atoms with Crippen molar-refractivity contribution in [3.63, 3.8) is 0 Å². The highest BCUT2D eigenvalue weighted by Crippen LogP contribution is 2.39. The van der Waals surface area contributed by atoms with E-state index in [0.29, 0.717) is 24.6 Å². The minimum atomic E-state index is -0.554. The van der Waals surface area contributed by atoms with Gasteiger partial charge < -0.3 is 15.5 Å². The van der Waals surface area contributed by atoms with Crippen molar-refractivity contribution >= 4 is 17.7 Å². The number of carbonyl (C=O) groups is 3. The van der Waals surface area contributed by atoms with E-state index in [1.165, 1.54) is 19.3 Å². The number of benzene rings is 1. The van der Waals surface area contributed by atoms with Crippen LogP contribution in [0, 0.1) is 0 Å². The first kappa shape index (κ1) is 17.8. The van der Waals surface area contributed by atoms with Gasteiger partial charge in [-0.3, -0.25) is 19.7 Å². The topological polar surface area (TPSA) is 90.5 Å². The Morgan fingerprint density at radius 3 is 2.79 bits per heavy atom. The molecule has 1 saturated carbocycles. The summed E-state index contributed by atoms with van der Waals surface area (Å²) >= 11 is 0. The largest absolute Gasteiger partial charge is 0.322 e. The summed E-state index contributed by atoms with van der Waals surface area (Å²) < 4.78 is 0. The Morgan fingerprint density at radius 2 is 2.04 bits per heavy atom. The van der Waals surface area contributed by atoms with E-state index in [1.807, 2.05) is 12.1 Å². The van der Waals surface area contributed by atoms with E-state index in [1.54, 1.807) is 4.90 Å². The fourth-order valence-electron chi connectivity index (χ4n) is 5.20. The van der Waals surface area contributed by atoms with Gasteiger partial charge in [0.05, 0.1) is 0 Å². The highest BCUT2D eigenvalue weighted by atomic mass is 16.2. The fraction of sp³-hybridized carbons (Fsp3) is 0.571. The molecule has 1 aromatic carbocycles. The first-order valence-electron chi connectivity index (χ1n) is 10.3. The molecule has 3 aliphatic heterocycles. The van der Waals surface area contributed by atoms with E-state index >= 15 is 0 Å². The monoisotopic (exact) mass is 382 g/mol. The molecule has 3 heterocycles. The molecule has 7 heteroatoms. The lowest BCUT2D eigenvalue weighted by atomic mass is 9.73. The molecule has 2 atom stereocenters. The Hall–Kier alpha value is -2.25. The summed E-state index contributed by atoms with van der Waals surface area (Å²) in [6.07, 6.45) is 5.61. The molecule has 148 valence electrons. The molecule has 7 nitrogen and oxygen atoms in total. The van der Waals surface area contributed by atoms with Gasteiger partial charge in [0.1, 0.15) is 6.04 Å². The second kappa shape index (κ2) is 6.67. The van der Waals surface area contributed by atoms with Crippen molar-refractivity contribution in [2.45, 2.75) is 69.2 Å². The summed E-state index contributed by atoms with van der Waals surface area (Å²) in [5, 5.41) is 9.71. The normalized spacial score (nSPS) is 28.4. The van der Waals surface area contributed by atoms with Crippen molar-refractivity contribution in [3.8, 4) is 0 Å².